The highest BCUT2D eigenvalue weighted by atomic mass is 32.1. The highest BCUT2D eigenvalue weighted by Crippen LogP contribution is 2.39. The first-order valence-electron chi connectivity index (χ1n) is 7.42. The minimum atomic E-state index is 0.803. The Morgan fingerprint density at radius 1 is 1.14 bits per heavy atom. The van der Waals surface area contributed by atoms with Gasteiger partial charge in [0.05, 0.1) is 5.56 Å². The monoisotopic (exact) mass is 322 g/mol. The van der Waals surface area contributed by atoms with Crippen molar-refractivity contribution < 1.29 is 0 Å². The number of nitrogens with zero attached hydrogens (tertiary/aromatic N) is 2. The number of fused-ring (bicyclic) bond motifs is 2. The maximum Gasteiger partial charge on any atom is 0.134 e. The first-order valence-corrected chi connectivity index (χ1v) is 9.06. The lowest BCUT2D eigenvalue weighted by Crippen LogP contribution is -1.99. The number of aliphatic imine (C=N–C) groups is 1. The van der Waals surface area contributed by atoms with Gasteiger partial charge in [-0.2, -0.15) is 5.26 Å². The summed E-state index contributed by atoms with van der Waals surface area (Å²) in [5, 5.41) is 11.6. The molecule has 0 N–H and O–H groups in total. The molecule has 2 nitrogen and oxygen atoms in total. The van der Waals surface area contributed by atoms with Gasteiger partial charge in [0.2, 0.25) is 0 Å². The molecular weight excluding hydrogens is 308 g/mol. The van der Waals surface area contributed by atoms with Crippen molar-refractivity contribution in [3.05, 3.63) is 51.2 Å². The van der Waals surface area contributed by atoms with Crippen LogP contribution in [0.3, 0.4) is 0 Å². The van der Waals surface area contributed by atoms with E-state index in [-0.39, 0.29) is 0 Å². The van der Waals surface area contributed by atoms with Crippen LogP contribution in [0.15, 0.2) is 35.3 Å². The fraction of sp³-hybridized carbons (Fsp3) is 0.222. The van der Waals surface area contributed by atoms with Crippen molar-refractivity contribution in [3.63, 3.8) is 0 Å². The van der Waals surface area contributed by atoms with Crippen molar-refractivity contribution >= 4 is 44.0 Å². The van der Waals surface area contributed by atoms with E-state index in [0.717, 1.165) is 28.3 Å². The van der Waals surface area contributed by atoms with Gasteiger partial charge in [0.25, 0.3) is 0 Å². The van der Waals surface area contributed by atoms with E-state index in [0.29, 0.717) is 0 Å². The lowest BCUT2D eigenvalue weighted by Gasteiger charge is -2.09. The van der Waals surface area contributed by atoms with Crippen LogP contribution in [-0.2, 0) is 12.8 Å². The Morgan fingerprint density at radius 3 is 2.86 bits per heavy atom. The van der Waals surface area contributed by atoms with Gasteiger partial charge in [0.15, 0.2) is 0 Å². The van der Waals surface area contributed by atoms with E-state index in [9.17, 15) is 5.26 Å². The summed E-state index contributed by atoms with van der Waals surface area (Å²) in [5.41, 5.74) is 2.05. The van der Waals surface area contributed by atoms with Crippen molar-refractivity contribution in [1.29, 1.82) is 5.26 Å². The van der Waals surface area contributed by atoms with Crippen LogP contribution in [0.5, 0.6) is 0 Å². The molecule has 0 spiro atoms. The van der Waals surface area contributed by atoms with E-state index in [4.69, 9.17) is 0 Å². The predicted octanol–water partition coefficient (Wildman–Crippen LogP) is 5.46. The van der Waals surface area contributed by atoms with Gasteiger partial charge in [-0.05, 0) is 48.8 Å². The quantitative estimate of drug-likeness (QED) is 0.577. The van der Waals surface area contributed by atoms with Crippen molar-refractivity contribution in [3.8, 4) is 6.07 Å². The third-order valence-corrected chi connectivity index (χ3v) is 6.27. The van der Waals surface area contributed by atoms with E-state index in [1.165, 1.54) is 33.4 Å². The second kappa shape index (κ2) is 5.68. The third-order valence-electron chi connectivity index (χ3n) is 4.02. The molecule has 0 saturated carbocycles. The van der Waals surface area contributed by atoms with Gasteiger partial charge in [-0.3, -0.25) is 0 Å². The molecule has 4 rings (SSSR count). The zero-order valence-corrected chi connectivity index (χ0v) is 13.6. The van der Waals surface area contributed by atoms with Gasteiger partial charge >= 0.3 is 0 Å². The Labute approximate surface area is 137 Å². The summed E-state index contributed by atoms with van der Waals surface area (Å²) in [6.07, 6.45) is 6.47. The molecule has 0 aliphatic heterocycles. The molecular formula is C18H14N2S2. The maximum atomic E-state index is 9.46. The van der Waals surface area contributed by atoms with Gasteiger partial charge in [0, 0.05) is 20.7 Å². The Bertz CT molecular complexity index is 876. The molecule has 0 fully saturated rings. The molecule has 0 saturated heterocycles. The van der Waals surface area contributed by atoms with Gasteiger partial charge < -0.3 is 0 Å². The Hall–Kier alpha value is -1.96. The highest BCUT2D eigenvalue weighted by molar-refractivity contribution is 7.20. The van der Waals surface area contributed by atoms with Crippen LogP contribution in [-0.4, -0.2) is 6.21 Å². The van der Waals surface area contributed by atoms with Gasteiger partial charge in [-0.15, -0.1) is 22.7 Å². The lowest BCUT2D eigenvalue weighted by molar-refractivity contribution is 0.696. The third kappa shape index (κ3) is 2.37. The number of nitriles is 1. The molecule has 0 atom stereocenters. The first kappa shape index (κ1) is 13.7. The van der Waals surface area contributed by atoms with Gasteiger partial charge in [-0.25, -0.2) is 4.99 Å². The first-order chi connectivity index (χ1) is 10.8. The molecule has 0 bridgehead atoms. The average Bonchev–Trinajstić information content (AvgIpc) is 3.12. The fourth-order valence-electron chi connectivity index (χ4n) is 2.95. The molecule has 0 amide bonds. The number of hydrogen-bond acceptors (Lipinski definition) is 4. The Morgan fingerprint density at radius 2 is 2.00 bits per heavy atom. The number of aryl methyl sites for hydroxylation is 1. The standard InChI is InChI=1S/C18H14N2S2/c19-10-15-14-6-2-4-8-17(14)22-18(15)20-11-13-9-12-5-1-3-7-16(12)21-13/h1,3,5,7,9,11H,2,4,6,8H2/b20-11+. The smallest absolute Gasteiger partial charge is 0.134 e. The van der Waals surface area contributed by atoms with Crippen LogP contribution in [0.2, 0.25) is 0 Å². The van der Waals surface area contributed by atoms with Crippen LogP contribution >= 0.6 is 22.7 Å². The number of hydrogen-bond donors (Lipinski definition) is 0. The molecule has 1 aromatic carbocycles. The second-order valence-corrected chi connectivity index (χ2v) is 7.65. The summed E-state index contributed by atoms with van der Waals surface area (Å²) >= 11 is 3.43. The molecule has 2 aromatic heterocycles. The van der Waals surface area contributed by atoms with Gasteiger partial charge in [-0.1, -0.05) is 18.2 Å². The van der Waals surface area contributed by atoms with Crippen LogP contribution in [0.1, 0.15) is 33.7 Å². The lowest BCUT2D eigenvalue weighted by atomic mass is 9.96. The van der Waals surface area contributed by atoms with E-state index in [2.05, 4.69) is 41.4 Å². The highest BCUT2D eigenvalue weighted by Gasteiger charge is 2.20. The SMILES string of the molecule is N#Cc1c(/N=C/c2cc3ccccc3s2)sc2c1CCCC2. The van der Waals surface area contributed by atoms with Crippen molar-refractivity contribution in [2.75, 3.05) is 0 Å². The summed E-state index contributed by atoms with van der Waals surface area (Å²) in [7, 11) is 0. The van der Waals surface area contributed by atoms with Crippen LogP contribution in [0.4, 0.5) is 5.00 Å². The molecule has 0 radical (unpaired) electrons. The van der Waals surface area contributed by atoms with E-state index < -0.39 is 0 Å². The fourth-order valence-corrected chi connectivity index (χ4v) is 5.07. The molecule has 2 heterocycles. The van der Waals surface area contributed by atoms with Crippen molar-refractivity contribution in [2.45, 2.75) is 25.7 Å². The summed E-state index contributed by atoms with van der Waals surface area (Å²) in [6, 6.07) is 12.9. The summed E-state index contributed by atoms with van der Waals surface area (Å²) < 4.78 is 1.27. The number of thiophene rings is 2. The molecule has 4 heteroatoms. The molecule has 3 aromatic rings. The van der Waals surface area contributed by atoms with Crippen LogP contribution in [0.25, 0.3) is 10.1 Å². The number of rotatable bonds is 2. The summed E-state index contributed by atoms with van der Waals surface area (Å²) in [5.74, 6) is 0. The van der Waals surface area contributed by atoms with E-state index >= 15 is 0 Å². The largest absolute Gasteiger partial charge is 0.243 e. The van der Waals surface area contributed by atoms with Crippen LogP contribution < -0.4 is 0 Å². The zero-order chi connectivity index (χ0) is 14.9. The molecule has 22 heavy (non-hydrogen) atoms. The molecule has 0 unspecified atom stereocenters. The summed E-state index contributed by atoms with van der Waals surface area (Å²) in [6.45, 7) is 0. The van der Waals surface area contributed by atoms with Gasteiger partial charge in [0.1, 0.15) is 11.1 Å². The normalized spacial score (nSPS) is 14.3. The molecule has 1 aliphatic carbocycles. The Kier molecular flexibility index (Phi) is 3.53. The number of benzene rings is 1. The van der Waals surface area contributed by atoms with Crippen molar-refractivity contribution in [2.24, 2.45) is 4.99 Å². The minimum absolute atomic E-state index is 0.803. The molecule has 108 valence electrons. The predicted molar refractivity (Wildman–Crippen MR) is 94.8 cm³/mol. The maximum absolute atomic E-state index is 9.46. The van der Waals surface area contributed by atoms with Crippen LogP contribution in [0, 0.1) is 11.3 Å². The topological polar surface area (TPSA) is 36.1 Å². The van der Waals surface area contributed by atoms with E-state index in [1.54, 1.807) is 22.7 Å². The molecule has 1 aliphatic rings. The van der Waals surface area contributed by atoms with E-state index in [1.807, 2.05) is 6.21 Å². The zero-order valence-electron chi connectivity index (χ0n) is 12.0. The average molecular weight is 322 g/mol. The van der Waals surface area contributed by atoms with Crippen molar-refractivity contribution in [1.82, 2.24) is 0 Å². The minimum Gasteiger partial charge on any atom is -0.243 e. The second-order valence-electron chi connectivity index (χ2n) is 5.45. The Balaban J connectivity index is 1.71. The summed E-state index contributed by atoms with van der Waals surface area (Å²) in [4.78, 5) is 7.13.